The van der Waals surface area contributed by atoms with Gasteiger partial charge in [0.05, 0.1) is 6.61 Å². The Bertz CT molecular complexity index is 464. The van der Waals surface area contributed by atoms with Crippen LogP contribution in [0.4, 0.5) is 0 Å². The number of aliphatic hydroxyl groups excluding tert-OH is 1. The number of aryl methyl sites for hydroxylation is 1. The van der Waals surface area contributed by atoms with Crippen molar-refractivity contribution in [2.24, 2.45) is 5.11 Å². The van der Waals surface area contributed by atoms with Gasteiger partial charge in [0.1, 0.15) is 5.76 Å². The van der Waals surface area contributed by atoms with E-state index >= 15 is 0 Å². The first kappa shape index (κ1) is 13.9. The molecule has 5 nitrogen and oxygen atoms in total. The highest BCUT2D eigenvalue weighted by molar-refractivity contribution is 5.88. The summed E-state index contributed by atoms with van der Waals surface area (Å²) < 4.78 is 4.70. The molecule has 0 bridgehead atoms. The van der Waals surface area contributed by atoms with E-state index in [0.29, 0.717) is 0 Å². The maximum atomic E-state index is 11.4. The van der Waals surface area contributed by atoms with Crippen molar-refractivity contribution in [3.63, 3.8) is 0 Å². The summed E-state index contributed by atoms with van der Waals surface area (Å²) in [4.78, 5) is 11.4. The fraction of sp³-hybridized carbons (Fsp3) is 0.308. The van der Waals surface area contributed by atoms with Gasteiger partial charge in [-0.1, -0.05) is 29.8 Å². The molecule has 0 saturated heterocycles. The molecule has 0 aliphatic heterocycles. The van der Waals surface area contributed by atoms with Gasteiger partial charge in [0.25, 0.3) is 0 Å². The molecule has 96 valence electrons. The molecule has 0 radical (unpaired) electrons. The number of ether oxygens (including phenoxy) is 1. The van der Waals surface area contributed by atoms with Crippen molar-refractivity contribution in [3.8, 4) is 0 Å². The number of aliphatic hydroxyl groups is 1. The van der Waals surface area contributed by atoms with Gasteiger partial charge in [-0.3, -0.25) is 0 Å². The number of allylic oxidation sites excluding steroid dienone is 1. The van der Waals surface area contributed by atoms with Crippen molar-refractivity contribution < 1.29 is 14.6 Å². The third kappa shape index (κ3) is 3.69. The molecule has 0 unspecified atom stereocenters. The van der Waals surface area contributed by atoms with Crippen LogP contribution >= 0.6 is 0 Å². The Hall–Kier alpha value is -2.17. The highest BCUT2D eigenvalue weighted by atomic mass is 16.5. The highest BCUT2D eigenvalue weighted by Crippen LogP contribution is 2.13. The molecule has 0 saturated carbocycles. The fourth-order valence-corrected chi connectivity index (χ4v) is 1.41. The number of carbonyl (C=O) groups is 1. The summed E-state index contributed by atoms with van der Waals surface area (Å²) >= 11 is 0. The van der Waals surface area contributed by atoms with Crippen LogP contribution < -0.4 is 0 Å². The summed E-state index contributed by atoms with van der Waals surface area (Å²) in [5, 5.41) is 12.8. The standard InChI is InChI=1S/C13H16N2O3/c1-3-18-13(17)12(15-14)11(16)8-10-6-4-9(2)5-7-10/h4-7,14,16H,3,8H2,1-2H3/b12-11+,15-14?. The van der Waals surface area contributed by atoms with Crippen molar-refractivity contribution in [1.29, 1.82) is 5.53 Å². The van der Waals surface area contributed by atoms with Gasteiger partial charge in [0.15, 0.2) is 0 Å². The number of hydrogen-bond acceptors (Lipinski definition) is 5. The lowest BCUT2D eigenvalue weighted by molar-refractivity contribution is -0.138. The van der Waals surface area contributed by atoms with Gasteiger partial charge in [-0.25, -0.2) is 10.3 Å². The molecule has 2 N–H and O–H groups in total. The van der Waals surface area contributed by atoms with E-state index in [4.69, 9.17) is 10.3 Å². The van der Waals surface area contributed by atoms with Crippen LogP contribution in [-0.4, -0.2) is 17.7 Å². The van der Waals surface area contributed by atoms with Crippen LogP contribution in [-0.2, 0) is 16.0 Å². The molecule has 1 rings (SSSR count). The Morgan fingerprint density at radius 3 is 2.50 bits per heavy atom. The van der Waals surface area contributed by atoms with E-state index in [0.717, 1.165) is 11.1 Å². The van der Waals surface area contributed by atoms with Gasteiger partial charge >= 0.3 is 5.97 Å². The van der Waals surface area contributed by atoms with E-state index in [2.05, 4.69) is 5.11 Å². The van der Waals surface area contributed by atoms with E-state index in [1.54, 1.807) is 6.92 Å². The third-order valence-corrected chi connectivity index (χ3v) is 2.35. The fourth-order valence-electron chi connectivity index (χ4n) is 1.41. The first-order valence-electron chi connectivity index (χ1n) is 5.60. The topological polar surface area (TPSA) is 82.7 Å². The van der Waals surface area contributed by atoms with E-state index in [1.165, 1.54) is 0 Å². The zero-order valence-electron chi connectivity index (χ0n) is 10.4. The maximum absolute atomic E-state index is 11.4. The van der Waals surface area contributed by atoms with Crippen molar-refractivity contribution in [2.75, 3.05) is 6.61 Å². The summed E-state index contributed by atoms with van der Waals surface area (Å²) in [6, 6.07) is 7.51. The molecule has 0 atom stereocenters. The second-order valence-electron chi connectivity index (χ2n) is 3.79. The normalized spacial score (nSPS) is 11.7. The van der Waals surface area contributed by atoms with E-state index in [1.807, 2.05) is 31.2 Å². The molecule has 0 amide bonds. The molecule has 0 heterocycles. The second kappa shape index (κ2) is 6.54. The predicted octanol–water partition coefficient (Wildman–Crippen LogP) is 2.90. The molecule has 18 heavy (non-hydrogen) atoms. The molecule has 0 aliphatic carbocycles. The lowest BCUT2D eigenvalue weighted by Gasteiger charge is -2.05. The van der Waals surface area contributed by atoms with E-state index in [9.17, 15) is 9.90 Å². The van der Waals surface area contributed by atoms with Crippen LogP contribution in [0.1, 0.15) is 18.1 Å². The van der Waals surface area contributed by atoms with Gasteiger partial charge in [-0.05, 0) is 19.4 Å². The first-order valence-corrected chi connectivity index (χ1v) is 5.60. The minimum absolute atomic E-state index is 0.150. The largest absolute Gasteiger partial charge is 0.509 e. The Labute approximate surface area is 106 Å². The summed E-state index contributed by atoms with van der Waals surface area (Å²) in [6.07, 6.45) is 0.150. The molecule has 0 spiro atoms. The van der Waals surface area contributed by atoms with Crippen LogP contribution in [0, 0.1) is 12.5 Å². The molecule has 1 aromatic carbocycles. The van der Waals surface area contributed by atoms with Crippen molar-refractivity contribution in [3.05, 3.63) is 46.8 Å². The SMILES string of the molecule is CCOC(=O)/C(N=N)=C(\O)Cc1ccc(C)cc1. The molecular formula is C13H16N2O3. The number of carbonyl (C=O) groups excluding carboxylic acids is 1. The predicted molar refractivity (Wildman–Crippen MR) is 66.3 cm³/mol. The number of benzene rings is 1. The van der Waals surface area contributed by atoms with Gasteiger partial charge in [-0.2, -0.15) is 0 Å². The van der Waals surface area contributed by atoms with Crippen molar-refractivity contribution >= 4 is 5.97 Å². The Kier molecular flexibility index (Phi) is 5.05. The van der Waals surface area contributed by atoms with Gasteiger partial charge in [0.2, 0.25) is 5.70 Å². The summed E-state index contributed by atoms with van der Waals surface area (Å²) in [5.41, 5.74) is 8.50. The first-order chi connectivity index (χ1) is 8.58. The number of nitrogens with one attached hydrogen (secondary N) is 1. The number of esters is 1. The third-order valence-electron chi connectivity index (χ3n) is 2.35. The molecule has 1 aromatic rings. The van der Waals surface area contributed by atoms with Gasteiger partial charge in [-0.15, -0.1) is 5.11 Å². The molecule has 5 heteroatoms. The monoisotopic (exact) mass is 248 g/mol. The molecule has 0 fully saturated rings. The zero-order valence-corrected chi connectivity index (χ0v) is 10.4. The Morgan fingerprint density at radius 2 is 2.00 bits per heavy atom. The second-order valence-corrected chi connectivity index (χ2v) is 3.79. The molecule has 0 aliphatic rings. The van der Waals surface area contributed by atoms with Gasteiger partial charge in [0, 0.05) is 6.42 Å². The minimum Gasteiger partial charge on any atom is -0.509 e. The summed E-state index contributed by atoms with van der Waals surface area (Å²) in [6.45, 7) is 3.79. The Balaban J connectivity index is 2.89. The smallest absolute Gasteiger partial charge is 0.362 e. The minimum atomic E-state index is -0.780. The highest BCUT2D eigenvalue weighted by Gasteiger charge is 2.16. The quantitative estimate of drug-likeness (QED) is 0.364. The van der Waals surface area contributed by atoms with Crippen LogP contribution in [0.5, 0.6) is 0 Å². The van der Waals surface area contributed by atoms with Crippen LogP contribution in [0.2, 0.25) is 0 Å². The van der Waals surface area contributed by atoms with Crippen LogP contribution in [0.15, 0.2) is 40.8 Å². The summed E-state index contributed by atoms with van der Waals surface area (Å²) in [5.74, 6) is -1.04. The number of nitrogens with zero attached hydrogens (tertiary/aromatic N) is 1. The molecule has 0 aromatic heterocycles. The number of rotatable bonds is 5. The number of hydrogen-bond donors (Lipinski definition) is 2. The zero-order chi connectivity index (χ0) is 13.5. The van der Waals surface area contributed by atoms with Crippen molar-refractivity contribution in [2.45, 2.75) is 20.3 Å². The van der Waals surface area contributed by atoms with Crippen LogP contribution in [0.3, 0.4) is 0 Å². The lowest BCUT2D eigenvalue weighted by atomic mass is 10.1. The molecular weight excluding hydrogens is 232 g/mol. The average Bonchev–Trinajstić information content (AvgIpc) is 2.33. The summed E-state index contributed by atoms with van der Waals surface area (Å²) in [7, 11) is 0. The average molecular weight is 248 g/mol. The van der Waals surface area contributed by atoms with E-state index in [-0.39, 0.29) is 24.5 Å². The van der Waals surface area contributed by atoms with Crippen molar-refractivity contribution in [1.82, 2.24) is 0 Å². The van der Waals surface area contributed by atoms with Crippen LogP contribution in [0.25, 0.3) is 0 Å². The van der Waals surface area contributed by atoms with Gasteiger partial charge < -0.3 is 9.84 Å². The lowest BCUT2D eigenvalue weighted by Crippen LogP contribution is -2.09. The maximum Gasteiger partial charge on any atom is 0.362 e. The Morgan fingerprint density at radius 1 is 1.39 bits per heavy atom. The van der Waals surface area contributed by atoms with E-state index < -0.39 is 5.97 Å².